The van der Waals surface area contributed by atoms with E-state index < -0.39 is 0 Å². The molecule has 0 aromatic carbocycles. The van der Waals surface area contributed by atoms with Crippen molar-refractivity contribution in [3.63, 3.8) is 0 Å². The molecule has 0 saturated carbocycles. The summed E-state index contributed by atoms with van der Waals surface area (Å²) in [6, 6.07) is 2.84. The molecule has 2 heterocycles. The van der Waals surface area contributed by atoms with Crippen molar-refractivity contribution < 1.29 is 0 Å². The van der Waals surface area contributed by atoms with E-state index in [-0.39, 0.29) is 6.04 Å². The third-order valence-corrected chi connectivity index (χ3v) is 6.32. The number of nitrogens with zero attached hydrogens (tertiary/aromatic N) is 1. The van der Waals surface area contributed by atoms with Crippen molar-refractivity contribution in [2.24, 2.45) is 5.73 Å². The molecule has 2 N–H and O–H groups in total. The number of halogens is 1. The van der Waals surface area contributed by atoms with E-state index in [4.69, 9.17) is 5.73 Å². The topological polar surface area (TPSA) is 29.3 Å². The summed E-state index contributed by atoms with van der Waals surface area (Å²) >= 11 is 7.45. The largest absolute Gasteiger partial charge is 0.326 e. The van der Waals surface area contributed by atoms with Crippen LogP contribution in [0, 0.1) is 0 Å². The van der Waals surface area contributed by atoms with Crippen molar-refractivity contribution >= 4 is 39.0 Å². The second-order valence-electron chi connectivity index (χ2n) is 4.86. The Labute approximate surface area is 126 Å². The van der Waals surface area contributed by atoms with Gasteiger partial charge in [0.1, 0.15) is 0 Å². The van der Waals surface area contributed by atoms with Crippen LogP contribution in [0.25, 0.3) is 0 Å². The fourth-order valence-electron chi connectivity index (χ4n) is 2.47. The molecule has 102 valence electrons. The van der Waals surface area contributed by atoms with Gasteiger partial charge in [-0.15, -0.1) is 11.3 Å². The molecule has 0 aliphatic carbocycles. The maximum absolute atomic E-state index is 6.38. The first-order chi connectivity index (χ1) is 8.61. The van der Waals surface area contributed by atoms with E-state index in [1.165, 1.54) is 15.1 Å². The van der Waals surface area contributed by atoms with Crippen LogP contribution in [-0.4, -0.2) is 35.0 Å². The van der Waals surface area contributed by atoms with E-state index in [9.17, 15) is 0 Å². The van der Waals surface area contributed by atoms with Crippen molar-refractivity contribution in [1.82, 2.24) is 4.90 Å². The number of nitrogens with two attached hydrogens (primary N) is 1. The highest BCUT2D eigenvalue weighted by molar-refractivity contribution is 9.10. The maximum Gasteiger partial charge on any atom is 0.0594 e. The van der Waals surface area contributed by atoms with Crippen LogP contribution in [0.4, 0.5) is 0 Å². The van der Waals surface area contributed by atoms with Crippen LogP contribution in [0.1, 0.15) is 31.2 Å². The van der Waals surface area contributed by atoms with Crippen molar-refractivity contribution in [3.8, 4) is 0 Å². The van der Waals surface area contributed by atoms with E-state index in [2.05, 4.69) is 57.9 Å². The molecule has 1 aromatic heterocycles. The van der Waals surface area contributed by atoms with Crippen molar-refractivity contribution in [2.75, 3.05) is 18.8 Å². The molecule has 0 amide bonds. The van der Waals surface area contributed by atoms with Gasteiger partial charge >= 0.3 is 0 Å². The van der Waals surface area contributed by atoms with Gasteiger partial charge in [-0.05, 0) is 28.4 Å². The lowest BCUT2D eigenvalue weighted by atomic mass is 10.0. The lowest BCUT2D eigenvalue weighted by Gasteiger charge is -2.39. The Kier molecular flexibility index (Phi) is 5.57. The Bertz CT molecular complexity index is 383. The van der Waals surface area contributed by atoms with E-state index in [0.717, 1.165) is 19.5 Å². The Morgan fingerprint density at radius 2 is 2.39 bits per heavy atom. The van der Waals surface area contributed by atoms with Crippen LogP contribution < -0.4 is 5.73 Å². The standard InChI is InChI=1S/C13H21BrN2S2/c1-3-11(15)13(12-6-10(14)8-18-12)16-4-5-17-9(2)7-16/h6,8-9,11,13H,3-5,7,15H2,1-2H3. The average molecular weight is 349 g/mol. The third-order valence-electron chi connectivity index (χ3n) is 3.42. The van der Waals surface area contributed by atoms with E-state index >= 15 is 0 Å². The van der Waals surface area contributed by atoms with Crippen LogP contribution in [0.15, 0.2) is 15.9 Å². The minimum atomic E-state index is 0.228. The third kappa shape index (κ3) is 3.51. The highest BCUT2D eigenvalue weighted by Crippen LogP contribution is 2.34. The Balaban J connectivity index is 2.19. The number of thiophene rings is 1. The normalized spacial score (nSPS) is 25.0. The van der Waals surface area contributed by atoms with Crippen molar-refractivity contribution in [3.05, 3.63) is 20.8 Å². The van der Waals surface area contributed by atoms with Gasteiger partial charge in [-0.1, -0.05) is 13.8 Å². The van der Waals surface area contributed by atoms with Crippen molar-refractivity contribution in [1.29, 1.82) is 0 Å². The Hall–Kier alpha value is 0.450. The zero-order chi connectivity index (χ0) is 13.1. The smallest absolute Gasteiger partial charge is 0.0594 e. The van der Waals surface area contributed by atoms with Crippen molar-refractivity contribution in [2.45, 2.75) is 37.6 Å². The van der Waals surface area contributed by atoms with Gasteiger partial charge < -0.3 is 5.73 Å². The summed E-state index contributed by atoms with van der Waals surface area (Å²) in [7, 11) is 0. The molecule has 1 aromatic rings. The molecular formula is C13H21BrN2S2. The second kappa shape index (κ2) is 6.75. The Morgan fingerprint density at radius 3 is 2.94 bits per heavy atom. The van der Waals surface area contributed by atoms with Gasteiger partial charge in [-0.25, -0.2) is 0 Å². The maximum atomic E-state index is 6.38. The lowest BCUT2D eigenvalue weighted by molar-refractivity contribution is 0.179. The van der Waals surface area contributed by atoms with Crippen LogP contribution in [0.3, 0.4) is 0 Å². The van der Waals surface area contributed by atoms with E-state index in [1.54, 1.807) is 0 Å². The molecule has 1 saturated heterocycles. The fraction of sp³-hybridized carbons (Fsp3) is 0.692. The van der Waals surface area contributed by atoms with Gasteiger partial charge in [0.25, 0.3) is 0 Å². The van der Waals surface area contributed by atoms with Crippen LogP contribution in [0.2, 0.25) is 0 Å². The summed E-state index contributed by atoms with van der Waals surface area (Å²) in [4.78, 5) is 3.98. The molecule has 1 aliphatic heterocycles. The van der Waals surface area contributed by atoms with E-state index in [1.807, 2.05) is 11.3 Å². The van der Waals surface area contributed by atoms with Gasteiger partial charge in [-0.2, -0.15) is 11.8 Å². The van der Waals surface area contributed by atoms with Gasteiger partial charge in [0, 0.05) is 44.9 Å². The first-order valence-electron chi connectivity index (χ1n) is 6.47. The summed E-state index contributed by atoms with van der Waals surface area (Å²) in [5.41, 5.74) is 6.38. The number of thioether (sulfide) groups is 1. The number of hydrogen-bond acceptors (Lipinski definition) is 4. The van der Waals surface area contributed by atoms with Gasteiger partial charge in [-0.3, -0.25) is 4.90 Å². The highest BCUT2D eigenvalue weighted by atomic mass is 79.9. The predicted octanol–water partition coefficient (Wildman–Crippen LogP) is 3.73. The monoisotopic (exact) mass is 348 g/mol. The molecule has 0 spiro atoms. The molecule has 3 atom stereocenters. The summed E-state index contributed by atoms with van der Waals surface area (Å²) in [6.07, 6.45) is 1.03. The Morgan fingerprint density at radius 1 is 1.61 bits per heavy atom. The summed E-state index contributed by atoms with van der Waals surface area (Å²) in [6.45, 7) is 6.81. The fourth-order valence-corrected chi connectivity index (χ4v) is 5.16. The molecule has 2 rings (SSSR count). The second-order valence-corrected chi connectivity index (χ2v) is 8.27. The first kappa shape index (κ1) is 14.9. The number of rotatable bonds is 4. The minimum absolute atomic E-state index is 0.228. The van der Waals surface area contributed by atoms with Gasteiger partial charge in [0.2, 0.25) is 0 Å². The molecular weight excluding hydrogens is 328 g/mol. The zero-order valence-corrected chi connectivity index (χ0v) is 14.2. The van der Waals surface area contributed by atoms with Gasteiger partial charge in [0.15, 0.2) is 0 Å². The molecule has 2 nitrogen and oxygen atoms in total. The van der Waals surface area contributed by atoms with Crippen LogP contribution in [-0.2, 0) is 0 Å². The number of hydrogen-bond donors (Lipinski definition) is 1. The first-order valence-corrected chi connectivity index (χ1v) is 9.19. The zero-order valence-electron chi connectivity index (χ0n) is 10.9. The highest BCUT2D eigenvalue weighted by Gasteiger charge is 2.30. The van der Waals surface area contributed by atoms with E-state index in [0.29, 0.717) is 11.3 Å². The van der Waals surface area contributed by atoms with Crippen LogP contribution >= 0.6 is 39.0 Å². The SMILES string of the molecule is CCC(N)C(c1cc(Br)cs1)N1CCSC(C)C1. The molecule has 3 unspecified atom stereocenters. The molecule has 0 radical (unpaired) electrons. The summed E-state index contributed by atoms with van der Waals surface area (Å²) in [5.74, 6) is 1.22. The summed E-state index contributed by atoms with van der Waals surface area (Å²) in [5, 5.41) is 2.88. The quantitative estimate of drug-likeness (QED) is 0.898. The molecule has 5 heteroatoms. The summed E-state index contributed by atoms with van der Waals surface area (Å²) < 4.78 is 1.18. The molecule has 0 bridgehead atoms. The average Bonchev–Trinajstić information content (AvgIpc) is 2.76. The minimum Gasteiger partial charge on any atom is -0.326 e. The molecule has 1 fully saturated rings. The van der Waals surface area contributed by atoms with Gasteiger partial charge in [0.05, 0.1) is 6.04 Å². The van der Waals surface area contributed by atoms with Crippen LogP contribution in [0.5, 0.6) is 0 Å². The molecule has 18 heavy (non-hydrogen) atoms. The molecule has 1 aliphatic rings. The lowest BCUT2D eigenvalue weighted by Crippen LogP contribution is -2.46. The predicted molar refractivity (Wildman–Crippen MR) is 86.5 cm³/mol.